The zero-order valence-corrected chi connectivity index (χ0v) is 13.9. The topological polar surface area (TPSA) is 113 Å². The summed E-state index contributed by atoms with van der Waals surface area (Å²) in [7, 11) is 0. The van der Waals surface area contributed by atoms with Gasteiger partial charge in [0.1, 0.15) is 23.4 Å². The van der Waals surface area contributed by atoms with Gasteiger partial charge in [0.2, 0.25) is 5.82 Å². The molecule has 0 aliphatic rings. The highest BCUT2D eigenvalue weighted by Crippen LogP contribution is 2.26. The van der Waals surface area contributed by atoms with Gasteiger partial charge < -0.3 is 20.1 Å². The second-order valence-corrected chi connectivity index (χ2v) is 5.59. The number of carboxylic acids is 1. The third kappa shape index (κ3) is 4.43. The summed E-state index contributed by atoms with van der Waals surface area (Å²) in [6.45, 7) is -0.597. The molecule has 3 rings (SSSR count). The Kier molecular flexibility index (Phi) is 5.39. The number of carboxylic acid groups (broad SMARTS) is 1. The third-order valence-electron chi connectivity index (χ3n) is 3.65. The minimum absolute atomic E-state index is 0.00605. The Morgan fingerprint density at radius 2 is 1.63 bits per heavy atom. The summed E-state index contributed by atoms with van der Waals surface area (Å²) in [6, 6.07) is 13.6. The van der Waals surface area contributed by atoms with Crippen LogP contribution in [0, 0.1) is 5.82 Å². The van der Waals surface area contributed by atoms with Crippen LogP contribution in [0.1, 0.15) is 22.4 Å². The van der Waals surface area contributed by atoms with E-state index in [1.165, 1.54) is 30.3 Å². The van der Waals surface area contributed by atoms with Crippen LogP contribution < -0.4 is 4.74 Å². The monoisotopic (exact) mass is 370 g/mol. The lowest BCUT2D eigenvalue weighted by atomic mass is 10.1. The first-order valence-corrected chi connectivity index (χ1v) is 7.91. The van der Waals surface area contributed by atoms with Gasteiger partial charge in [-0.1, -0.05) is 0 Å². The molecule has 8 heteroatoms. The largest absolute Gasteiger partial charge is 0.475 e. The highest BCUT2D eigenvalue weighted by molar-refractivity contribution is 5.84. The van der Waals surface area contributed by atoms with Crippen molar-refractivity contribution in [2.75, 3.05) is 6.61 Å². The standard InChI is InChI=1S/C19H15FN2O5/c20-12-3-7-14(8-4-12)27-13-5-1-11(2-6-13)15-9-16(17(24)10-23)22-18(21-15)19(25)26/h1-9,17,23-24H,10H2,(H,25,26)/t17-/m0/s1. The Morgan fingerprint density at radius 1 is 1.04 bits per heavy atom. The number of hydrogen-bond acceptors (Lipinski definition) is 6. The van der Waals surface area contributed by atoms with Gasteiger partial charge in [0.05, 0.1) is 18.0 Å². The van der Waals surface area contributed by atoms with Crippen molar-refractivity contribution in [3.63, 3.8) is 0 Å². The summed E-state index contributed by atoms with van der Waals surface area (Å²) in [5, 5.41) is 28.0. The molecular formula is C19H15FN2O5. The van der Waals surface area contributed by atoms with Crippen molar-refractivity contribution in [2.24, 2.45) is 0 Å². The molecule has 3 aromatic rings. The van der Waals surface area contributed by atoms with Gasteiger partial charge >= 0.3 is 5.97 Å². The van der Waals surface area contributed by atoms with E-state index in [0.29, 0.717) is 17.1 Å². The third-order valence-corrected chi connectivity index (χ3v) is 3.65. The Bertz CT molecular complexity index is 945. The average Bonchev–Trinajstić information content (AvgIpc) is 2.69. The van der Waals surface area contributed by atoms with E-state index in [4.69, 9.17) is 14.9 Å². The number of carbonyl (C=O) groups is 1. The molecule has 0 aliphatic carbocycles. The van der Waals surface area contributed by atoms with Gasteiger partial charge in [0, 0.05) is 5.56 Å². The maximum Gasteiger partial charge on any atom is 0.373 e. The molecule has 0 unspecified atom stereocenters. The van der Waals surface area contributed by atoms with Crippen LogP contribution in [0.2, 0.25) is 0 Å². The second-order valence-electron chi connectivity index (χ2n) is 5.59. The van der Waals surface area contributed by atoms with Crippen LogP contribution in [0.15, 0.2) is 54.6 Å². The highest BCUT2D eigenvalue weighted by Gasteiger charge is 2.16. The van der Waals surface area contributed by atoms with E-state index in [1.807, 2.05) is 0 Å². The number of aromatic nitrogens is 2. The molecule has 138 valence electrons. The Labute approximate surface area is 153 Å². The van der Waals surface area contributed by atoms with Crippen LogP contribution in [-0.4, -0.2) is 37.9 Å². The molecule has 0 saturated carbocycles. The number of aliphatic hydroxyl groups is 2. The van der Waals surface area contributed by atoms with Crippen molar-refractivity contribution in [1.82, 2.24) is 9.97 Å². The van der Waals surface area contributed by atoms with Gasteiger partial charge in [-0.25, -0.2) is 19.2 Å². The lowest BCUT2D eigenvalue weighted by Gasteiger charge is -2.10. The zero-order valence-electron chi connectivity index (χ0n) is 13.9. The first-order chi connectivity index (χ1) is 13.0. The molecule has 0 saturated heterocycles. The summed E-state index contributed by atoms with van der Waals surface area (Å²) in [6.07, 6.45) is -1.31. The normalized spacial score (nSPS) is 11.8. The number of rotatable bonds is 6. The summed E-state index contributed by atoms with van der Waals surface area (Å²) in [5.41, 5.74) is 0.850. The Hall–Kier alpha value is -3.36. The van der Waals surface area contributed by atoms with Crippen molar-refractivity contribution >= 4 is 5.97 Å². The summed E-state index contributed by atoms with van der Waals surface area (Å²) in [4.78, 5) is 18.9. The van der Waals surface area contributed by atoms with Gasteiger partial charge in [-0.3, -0.25) is 0 Å². The van der Waals surface area contributed by atoms with Crippen LogP contribution in [0.25, 0.3) is 11.3 Å². The van der Waals surface area contributed by atoms with E-state index < -0.39 is 24.5 Å². The molecule has 0 radical (unpaired) electrons. The minimum Gasteiger partial charge on any atom is -0.475 e. The Balaban J connectivity index is 1.88. The van der Waals surface area contributed by atoms with E-state index in [-0.39, 0.29) is 17.2 Å². The van der Waals surface area contributed by atoms with Crippen molar-refractivity contribution in [3.8, 4) is 22.8 Å². The van der Waals surface area contributed by atoms with Crippen LogP contribution >= 0.6 is 0 Å². The molecule has 0 spiro atoms. The maximum absolute atomic E-state index is 12.9. The number of benzene rings is 2. The van der Waals surface area contributed by atoms with Crippen LogP contribution in [0.3, 0.4) is 0 Å². The van der Waals surface area contributed by atoms with Crippen molar-refractivity contribution in [2.45, 2.75) is 6.10 Å². The lowest BCUT2D eigenvalue weighted by molar-refractivity contribution is 0.0677. The first kappa shape index (κ1) is 18.4. The molecule has 0 fully saturated rings. The van der Waals surface area contributed by atoms with Crippen LogP contribution in [0.5, 0.6) is 11.5 Å². The molecule has 1 heterocycles. The van der Waals surface area contributed by atoms with E-state index in [2.05, 4.69) is 9.97 Å². The van der Waals surface area contributed by atoms with E-state index in [0.717, 1.165) is 0 Å². The minimum atomic E-state index is -1.35. The summed E-state index contributed by atoms with van der Waals surface area (Å²) >= 11 is 0. The molecule has 0 aliphatic heterocycles. The van der Waals surface area contributed by atoms with E-state index in [1.54, 1.807) is 24.3 Å². The summed E-state index contributed by atoms with van der Waals surface area (Å²) in [5.74, 6) is -1.24. The number of aliphatic hydroxyl groups excluding tert-OH is 2. The maximum atomic E-state index is 12.9. The lowest BCUT2D eigenvalue weighted by Crippen LogP contribution is -2.12. The molecule has 7 nitrogen and oxygen atoms in total. The molecule has 1 aromatic heterocycles. The fourth-order valence-electron chi connectivity index (χ4n) is 2.31. The fourth-order valence-corrected chi connectivity index (χ4v) is 2.31. The molecule has 0 amide bonds. The fraction of sp³-hybridized carbons (Fsp3) is 0.105. The Morgan fingerprint density at radius 3 is 2.19 bits per heavy atom. The molecule has 27 heavy (non-hydrogen) atoms. The number of hydrogen-bond donors (Lipinski definition) is 3. The van der Waals surface area contributed by atoms with Gasteiger partial charge in [0.15, 0.2) is 0 Å². The zero-order chi connectivity index (χ0) is 19.4. The first-order valence-electron chi connectivity index (χ1n) is 7.91. The van der Waals surface area contributed by atoms with Crippen LogP contribution in [-0.2, 0) is 0 Å². The van der Waals surface area contributed by atoms with Crippen molar-refractivity contribution in [1.29, 1.82) is 0 Å². The van der Waals surface area contributed by atoms with E-state index in [9.17, 15) is 14.3 Å². The van der Waals surface area contributed by atoms with Crippen molar-refractivity contribution < 1.29 is 29.2 Å². The predicted octanol–water partition coefficient (Wildman–Crippen LogP) is 2.80. The van der Waals surface area contributed by atoms with Gasteiger partial charge in [-0.15, -0.1) is 0 Å². The van der Waals surface area contributed by atoms with Crippen molar-refractivity contribution in [3.05, 3.63) is 71.9 Å². The number of ether oxygens (including phenoxy) is 1. The van der Waals surface area contributed by atoms with Gasteiger partial charge in [-0.05, 0) is 54.6 Å². The molecule has 3 N–H and O–H groups in total. The second kappa shape index (κ2) is 7.90. The average molecular weight is 370 g/mol. The smallest absolute Gasteiger partial charge is 0.373 e. The highest BCUT2D eigenvalue weighted by atomic mass is 19.1. The number of aromatic carboxylic acids is 1. The molecule has 1 atom stereocenters. The quantitative estimate of drug-likeness (QED) is 0.611. The predicted molar refractivity (Wildman–Crippen MR) is 92.9 cm³/mol. The van der Waals surface area contributed by atoms with Gasteiger partial charge in [0.25, 0.3) is 0 Å². The molecule has 0 bridgehead atoms. The SMILES string of the molecule is O=C(O)c1nc(-c2ccc(Oc3ccc(F)cc3)cc2)cc([C@@H](O)CO)n1. The summed E-state index contributed by atoms with van der Waals surface area (Å²) < 4.78 is 18.5. The molecule has 2 aromatic carbocycles. The van der Waals surface area contributed by atoms with Crippen LogP contribution in [0.4, 0.5) is 4.39 Å². The van der Waals surface area contributed by atoms with Gasteiger partial charge in [-0.2, -0.15) is 0 Å². The number of nitrogens with zero attached hydrogens (tertiary/aromatic N) is 2. The van der Waals surface area contributed by atoms with E-state index >= 15 is 0 Å². The molecular weight excluding hydrogens is 355 g/mol. The number of halogens is 1.